The van der Waals surface area contributed by atoms with Gasteiger partial charge in [-0.2, -0.15) is 0 Å². The quantitative estimate of drug-likeness (QED) is 0.567. The molecule has 0 radical (unpaired) electrons. The van der Waals surface area contributed by atoms with Crippen LogP contribution >= 0.6 is 0 Å². The third-order valence-corrected chi connectivity index (χ3v) is 2.55. The summed E-state index contributed by atoms with van der Waals surface area (Å²) < 4.78 is 23.1. The van der Waals surface area contributed by atoms with Crippen LogP contribution in [0.2, 0.25) is 0 Å². The standard InChI is InChI=1S/C16H23FO3/c1-16(2,3)20-15(18)8-10-19-9-7-13-5-4-6-14(11-13)12-17/h4-6,11H,7-10,12H2,1-3H3. The van der Waals surface area contributed by atoms with Gasteiger partial charge in [-0.25, -0.2) is 4.39 Å². The Morgan fingerprint density at radius 1 is 1.20 bits per heavy atom. The van der Waals surface area contributed by atoms with E-state index in [2.05, 4.69) is 0 Å². The monoisotopic (exact) mass is 282 g/mol. The molecular formula is C16H23FO3. The number of alkyl halides is 1. The van der Waals surface area contributed by atoms with Gasteiger partial charge in [-0.15, -0.1) is 0 Å². The van der Waals surface area contributed by atoms with Gasteiger partial charge < -0.3 is 9.47 Å². The molecule has 0 fully saturated rings. The van der Waals surface area contributed by atoms with Crippen molar-refractivity contribution in [3.05, 3.63) is 35.4 Å². The Hall–Kier alpha value is -1.42. The highest BCUT2D eigenvalue weighted by Crippen LogP contribution is 2.09. The smallest absolute Gasteiger partial charge is 0.308 e. The van der Waals surface area contributed by atoms with Crippen molar-refractivity contribution in [3.63, 3.8) is 0 Å². The van der Waals surface area contributed by atoms with E-state index < -0.39 is 12.3 Å². The molecule has 0 aliphatic rings. The number of halogens is 1. The molecule has 0 atom stereocenters. The zero-order valence-electron chi connectivity index (χ0n) is 12.4. The van der Waals surface area contributed by atoms with Crippen LogP contribution in [0.4, 0.5) is 4.39 Å². The van der Waals surface area contributed by atoms with Gasteiger partial charge in [-0.05, 0) is 38.3 Å². The number of benzene rings is 1. The number of rotatable bonds is 7. The summed E-state index contributed by atoms with van der Waals surface area (Å²) in [6.45, 7) is 5.92. The van der Waals surface area contributed by atoms with E-state index >= 15 is 0 Å². The predicted molar refractivity (Wildman–Crippen MR) is 76.2 cm³/mol. The van der Waals surface area contributed by atoms with Gasteiger partial charge in [0.15, 0.2) is 0 Å². The summed E-state index contributed by atoms with van der Waals surface area (Å²) in [6, 6.07) is 7.37. The van der Waals surface area contributed by atoms with Crippen LogP contribution in [0.3, 0.4) is 0 Å². The molecule has 1 aromatic rings. The van der Waals surface area contributed by atoms with E-state index in [1.165, 1.54) is 0 Å². The molecule has 0 amide bonds. The minimum Gasteiger partial charge on any atom is -0.460 e. The molecule has 0 saturated heterocycles. The molecule has 1 rings (SSSR count). The second kappa shape index (κ2) is 8.00. The van der Waals surface area contributed by atoms with Gasteiger partial charge in [-0.3, -0.25) is 4.79 Å². The molecule has 0 saturated carbocycles. The predicted octanol–water partition coefficient (Wildman–Crippen LogP) is 3.45. The van der Waals surface area contributed by atoms with Gasteiger partial charge in [0, 0.05) is 0 Å². The van der Waals surface area contributed by atoms with E-state index in [4.69, 9.17) is 9.47 Å². The van der Waals surface area contributed by atoms with Crippen molar-refractivity contribution >= 4 is 5.97 Å². The van der Waals surface area contributed by atoms with Crippen LogP contribution in [0.1, 0.15) is 38.3 Å². The highest BCUT2D eigenvalue weighted by atomic mass is 19.1. The molecule has 0 bridgehead atoms. The third kappa shape index (κ3) is 7.24. The molecule has 4 heteroatoms. The zero-order valence-corrected chi connectivity index (χ0v) is 12.4. The molecule has 0 unspecified atom stereocenters. The van der Waals surface area contributed by atoms with Crippen molar-refractivity contribution in [2.75, 3.05) is 13.2 Å². The van der Waals surface area contributed by atoms with Crippen LogP contribution in [0, 0.1) is 0 Å². The Kier molecular flexibility index (Phi) is 6.65. The highest BCUT2D eigenvalue weighted by Gasteiger charge is 2.15. The molecular weight excluding hydrogens is 259 g/mol. The van der Waals surface area contributed by atoms with E-state index in [1.54, 1.807) is 6.07 Å². The molecule has 0 aliphatic carbocycles. The first-order valence-electron chi connectivity index (χ1n) is 6.84. The van der Waals surface area contributed by atoms with Gasteiger partial charge in [0.05, 0.1) is 19.6 Å². The van der Waals surface area contributed by atoms with Crippen molar-refractivity contribution in [1.82, 2.24) is 0 Å². The summed E-state index contributed by atoms with van der Waals surface area (Å²) in [7, 11) is 0. The average Bonchev–Trinajstić information content (AvgIpc) is 2.36. The molecule has 3 nitrogen and oxygen atoms in total. The summed E-state index contributed by atoms with van der Waals surface area (Å²) in [4.78, 5) is 11.4. The van der Waals surface area contributed by atoms with Crippen molar-refractivity contribution < 1.29 is 18.7 Å². The number of esters is 1. The molecule has 20 heavy (non-hydrogen) atoms. The lowest BCUT2D eigenvalue weighted by molar-refractivity contribution is -0.156. The van der Waals surface area contributed by atoms with Crippen LogP contribution in [0.25, 0.3) is 0 Å². The molecule has 0 N–H and O–H groups in total. The Morgan fingerprint density at radius 2 is 1.90 bits per heavy atom. The highest BCUT2D eigenvalue weighted by molar-refractivity contribution is 5.69. The summed E-state index contributed by atoms with van der Waals surface area (Å²) in [5.41, 5.74) is 1.26. The van der Waals surface area contributed by atoms with Crippen LogP contribution < -0.4 is 0 Å². The van der Waals surface area contributed by atoms with Gasteiger partial charge in [0.1, 0.15) is 12.3 Å². The van der Waals surface area contributed by atoms with Gasteiger partial charge in [0.2, 0.25) is 0 Å². The summed E-state index contributed by atoms with van der Waals surface area (Å²) in [6.07, 6.45) is 0.962. The second-order valence-corrected chi connectivity index (χ2v) is 5.65. The van der Waals surface area contributed by atoms with Gasteiger partial charge >= 0.3 is 5.97 Å². The average molecular weight is 282 g/mol. The van der Waals surface area contributed by atoms with Gasteiger partial charge in [0.25, 0.3) is 0 Å². The van der Waals surface area contributed by atoms with E-state index in [1.807, 2.05) is 39.0 Å². The van der Waals surface area contributed by atoms with Crippen molar-refractivity contribution in [2.45, 2.75) is 45.9 Å². The minimum absolute atomic E-state index is 0.252. The summed E-state index contributed by atoms with van der Waals surface area (Å²) in [5.74, 6) is -0.253. The largest absolute Gasteiger partial charge is 0.460 e. The van der Waals surface area contributed by atoms with E-state index in [0.29, 0.717) is 25.2 Å². The number of carbonyl (C=O) groups is 1. The van der Waals surface area contributed by atoms with E-state index in [0.717, 1.165) is 5.56 Å². The second-order valence-electron chi connectivity index (χ2n) is 5.65. The maximum Gasteiger partial charge on any atom is 0.308 e. The fourth-order valence-corrected chi connectivity index (χ4v) is 1.71. The topological polar surface area (TPSA) is 35.5 Å². The van der Waals surface area contributed by atoms with E-state index in [9.17, 15) is 9.18 Å². The number of hydrogen-bond donors (Lipinski definition) is 0. The van der Waals surface area contributed by atoms with Crippen LogP contribution in [-0.2, 0) is 27.4 Å². The van der Waals surface area contributed by atoms with Crippen molar-refractivity contribution in [3.8, 4) is 0 Å². The first-order chi connectivity index (χ1) is 9.40. The molecule has 0 spiro atoms. The lowest BCUT2D eigenvalue weighted by Crippen LogP contribution is -2.24. The fourth-order valence-electron chi connectivity index (χ4n) is 1.71. The molecule has 0 aliphatic heterocycles. The Balaban J connectivity index is 2.17. The molecule has 0 aromatic heterocycles. The van der Waals surface area contributed by atoms with Crippen molar-refractivity contribution in [2.24, 2.45) is 0 Å². The van der Waals surface area contributed by atoms with Crippen LogP contribution in [0.5, 0.6) is 0 Å². The lowest BCUT2D eigenvalue weighted by Gasteiger charge is -2.19. The first kappa shape index (κ1) is 16.6. The molecule has 112 valence electrons. The Morgan fingerprint density at radius 3 is 2.55 bits per heavy atom. The fraction of sp³-hybridized carbons (Fsp3) is 0.562. The number of carbonyl (C=O) groups excluding carboxylic acids is 1. The SMILES string of the molecule is CC(C)(C)OC(=O)CCOCCc1cccc(CF)c1. The number of ether oxygens (including phenoxy) is 2. The minimum atomic E-state index is -0.454. The van der Waals surface area contributed by atoms with Crippen LogP contribution in [-0.4, -0.2) is 24.8 Å². The Bertz CT molecular complexity index is 424. The summed E-state index contributed by atoms with van der Waals surface area (Å²) >= 11 is 0. The van der Waals surface area contributed by atoms with Crippen LogP contribution in [0.15, 0.2) is 24.3 Å². The third-order valence-electron chi connectivity index (χ3n) is 2.55. The molecule has 1 aromatic carbocycles. The summed E-state index contributed by atoms with van der Waals surface area (Å²) in [5, 5.41) is 0. The normalized spacial score (nSPS) is 11.4. The maximum atomic E-state index is 12.5. The van der Waals surface area contributed by atoms with Crippen molar-refractivity contribution in [1.29, 1.82) is 0 Å². The van der Waals surface area contributed by atoms with E-state index in [-0.39, 0.29) is 12.4 Å². The number of hydrogen-bond acceptors (Lipinski definition) is 3. The van der Waals surface area contributed by atoms with Gasteiger partial charge in [-0.1, -0.05) is 24.3 Å². The Labute approximate surface area is 120 Å². The first-order valence-corrected chi connectivity index (χ1v) is 6.84. The zero-order chi connectivity index (χ0) is 15.0. The lowest BCUT2D eigenvalue weighted by atomic mass is 10.1. The molecule has 0 heterocycles. The maximum absolute atomic E-state index is 12.5.